The molecule has 3 aromatic rings. The number of amides is 2. The number of nitrogens with one attached hydrogen (secondary N) is 2. The van der Waals surface area contributed by atoms with Gasteiger partial charge in [-0.05, 0) is 41.0 Å². The summed E-state index contributed by atoms with van der Waals surface area (Å²) in [5.41, 5.74) is 1.19. The largest absolute Gasteiger partial charge is 0.506 e. The second-order valence-electron chi connectivity index (χ2n) is 7.67. The van der Waals surface area contributed by atoms with Crippen LogP contribution in [0.5, 0.6) is 5.75 Å². The van der Waals surface area contributed by atoms with Gasteiger partial charge in [-0.25, -0.2) is 13.2 Å². The zero-order valence-corrected chi connectivity index (χ0v) is 17.6. The van der Waals surface area contributed by atoms with Crippen molar-refractivity contribution in [3.63, 3.8) is 0 Å². The number of hydrogen-bond acceptors (Lipinski definition) is 4. The Morgan fingerprint density at radius 1 is 1.12 bits per heavy atom. The van der Waals surface area contributed by atoms with Crippen LogP contribution in [0.3, 0.4) is 0 Å². The summed E-state index contributed by atoms with van der Waals surface area (Å²) in [7, 11) is 0. The number of aromatic hydroxyl groups is 1. The lowest BCUT2D eigenvalue weighted by atomic mass is 10.1. The van der Waals surface area contributed by atoms with Gasteiger partial charge in [0.2, 0.25) is 5.91 Å². The van der Waals surface area contributed by atoms with Crippen molar-refractivity contribution < 1.29 is 27.9 Å². The Labute approximate surface area is 191 Å². The summed E-state index contributed by atoms with van der Waals surface area (Å²) in [6.45, 7) is -0.331. The zero-order valence-electron chi connectivity index (χ0n) is 17.6. The second kappa shape index (κ2) is 9.26. The lowest BCUT2D eigenvalue weighted by Gasteiger charge is -2.10. The van der Waals surface area contributed by atoms with Gasteiger partial charge < -0.3 is 20.3 Å². The highest BCUT2D eigenvalue weighted by Gasteiger charge is 2.17. The minimum atomic E-state index is -1.63. The van der Waals surface area contributed by atoms with Crippen molar-refractivity contribution in [2.75, 3.05) is 11.9 Å². The first-order chi connectivity index (χ1) is 16.2. The van der Waals surface area contributed by atoms with E-state index in [9.17, 15) is 32.7 Å². The number of rotatable bonds is 6. The molecule has 10 heteroatoms. The van der Waals surface area contributed by atoms with E-state index in [1.54, 1.807) is 18.2 Å². The van der Waals surface area contributed by atoms with Crippen molar-refractivity contribution in [2.24, 2.45) is 0 Å². The van der Waals surface area contributed by atoms with E-state index in [0.29, 0.717) is 6.42 Å². The number of hydrogen-bond donors (Lipinski definition) is 3. The van der Waals surface area contributed by atoms with E-state index in [-0.39, 0.29) is 23.6 Å². The summed E-state index contributed by atoms with van der Waals surface area (Å²) in [5.74, 6) is -5.72. The van der Waals surface area contributed by atoms with Gasteiger partial charge in [0.05, 0.1) is 13.0 Å². The van der Waals surface area contributed by atoms with Crippen LogP contribution in [0, 0.1) is 17.5 Å². The molecule has 0 aliphatic carbocycles. The van der Waals surface area contributed by atoms with Crippen molar-refractivity contribution in [1.82, 2.24) is 9.88 Å². The molecule has 1 aromatic heterocycles. The van der Waals surface area contributed by atoms with Crippen LogP contribution in [0.4, 0.5) is 18.9 Å². The molecular weight excluding hydrogens is 451 g/mol. The first-order valence-electron chi connectivity index (χ1n) is 10.2. The van der Waals surface area contributed by atoms with Gasteiger partial charge in [0.25, 0.3) is 11.5 Å². The topological polar surface area (TPSA) is 100 Å². The van der Waals surface area contributed by atoms with Crippen molar-refractivity contribution in [2.45, 2.75) is 13.0 Å². The van der Waals surface area contributed by atoms with Gasteiger partial charge in [-0.2, -0.15) is 0 Å². The van der Waals surface area contributed by atoms with Crippen LogP contribution in [-0.4, -0.2) is 28.0 Å². The maximum atomic E-state index is 13.5. The molecule has 34 heavy (non-hydrogen) atoms. The predicted molar refractivity (Wildman–Crippen MR) is 118 cm³/mol. The number of aromatic nitrogens is 1. The van der Waals surface area contributed by atoms with Crippen molar-refractivity contribution in [3.05, 3.63) is 98.7 Å². The third-order valence-electron chi connectivity index (χ3n) is 5.16. The Kier molecular flexibility index (Phi) is 6.22. The van der Waals surface area contributed by atoms with Crippen molar-refractivity contribution >= 4 is 23.6 Å². The van der Waals surface area contributed by atoms with Crippen molar-refractivity contribution in [1.29, 1.82) is 0 Å². The zero-order chi connectivity index (χ0) is 24.4. The van der Waals surface area contributed by atoms with Crippen LogP contribution in [0.2, 0.25) is 0 Å². The number of nitrogens with zero attached hydrogens (tertiary/aromatic N) is 1. The smallest absolute Gasteiger partial charge is 0.263 e. The SMILES string of the molecule is O=C1Cc2ccc(/C=C/CNC(=O)c3cc(O)cn(Cc4cc(F)c(F)c(F)c4)c3=O)cc2N1. The normalized spacial score (nSPS) is 12.6. The third kappa shape index (κ3) is 4.85. The van der Waals surface area contributed by atoms with Crippen LogP contribution in [0.15, 0.2) is 53.5 Å². The highest BCUT2D eigenvalue weighted by atomic mass is 19.2. The molecule has 0 fully saturated rings. The highest BCUT2D eigenvalue weighted by Crippen LogP contribution is 2.24. The lowest BCUT2D eigenvalue weighted by molar-refractivity contribution is -0.115. The molecule has 2 aromatic carbocycles. The molecule has 0 saturated carbocycles. The summed E-state index contributed by atoms with van der Waals surface area (Å²) in [4.78, 5) is 36.6. The standard InChI is InChI=1S/C24H18F3N3O4/c25-18-6-14(7-19(26)22(18)27)11-30-12-16(31)10-17(24(30)34)23(33)28-5-1-2-13-3-4-15-9-21(32)29-20(15)8-13/h1-4,6-8,10,12,31H,5,9,11H2,(H,28,33)(H,29,32)/b2-1+. The van der Waals surface area contributed by atoms with Crippen LogP contribution in [-0.2, 0) is 17.8 Å². The number of carbonyl (C=O) groups excluding carboxylic acids is 2. The molecule has 2 amide bonds. The third-order valence-corrected chi connectivity index (χ3v) is 5.16. The van der Waals surface area contributed by atoms with Crippen LogP contribution < -0.4 is 16.2 Å². The van der Waals surface area contributed by atoms with Crippen LogP contribution >= 0.6 is 0 Å². The van der Waals surface area contributed by atoms with E-state index in [1.165, 1.54) is 0 Å². The summed E-state index contributed by atoms with van der Waals surface area (Å²) in [6, 6.07) is 7.89. The first kappa shape index (κ1) is 22.8. The van der Waals surface area contributed by atoms with E-state index < -0.39 is 41.2 Å². The molecule has 0 atom stereocenters. The molecule has 1 aliphatic heterocycles. The first-order valence-corrected chi connectivity index (χ1v) is 10.2. The van der Waals surface area contributed by atoms with E-state index in [2.05, 4.69) is 10.6 Å². The monoisotopic (exact) mass is 469 g/mol. The lowest BCUT2D eigenvalue weighted by Crippen LogP contribution is -2.33. The Hall–Kier alpha value is -4.34. The predicted octanol–water partition coefficient (Wildman–Crippen LogP) is 2.96. The summed E-state index contributed by atoms with van der Waals surface area (Å²) >= 11 is 0. The molecule has 4 rings (SSSR count). The average Bonchev–Trinajstić information content (AvgIpc) is 3.16. The summed E-state index contributed by atoms with van der Waals surface area (Å²) in [6.07, 6.45) is 4.71. The molecule has 7 nitrogen and oxygen atoms in total. The molecule has 0 unspecified atom stereocenters. The van der Waals surface area contributed by atoms with Gasteiger partial charge in [-0.15, -0.1) is 0 Å². The number of fused-ring (bicyclic) bond motifs is 1. The van der Waals surface area contributed by atoms with Gasteiger partial charge >= 0.3 is 0 Å². The maximum absolute atomic E-state index is 13.5. The Bertz CT molecular complexity index is 1380. The molecular formula is C24H18F3N3O4. The second-order valence-corrected chi connectivity index (χ2v) is 7.67. The fourth-order valence-corrected chi connectivity index (χ4v) is 3.57. The Morgan fingerprint density at radius 3 is 2.59 bits per heavy atom. The molecule has 174 valence electrons. The molecule has 1 aliphatic rings. The van der Waals surface area contributed by atoms with E-state index in [1.807, 2.05) is 12.1 Å². The van der Waals surface area contributed by atoms with Gasteiger partial charge in [0.15, 0.2) is 17.5 Å². The van der Waals surface area contributed by atoms with Gasteiger partial charge in [-0.1, -0.05) is 24.3 Å². The Morgan fingerprint density at radius 2 is 1.85 bits per heavy atom. The molecule has 0 spiro atoms. The number of benzene rings is 2. The minimum Gasteiger partial charge on any atom is -0.506 e. The number of halogens is 3. The van der Waals surface area contributed by atoms with Crippen molar-refractivity contribution in [3.8, 4) is 5.75 Å². The number of anilines is 1. The summed E-state index contributed by atoms with van der Waals surface area (Å²) in [5, 5.41) is 15.2. The summed E-state index contributed by atoms with van der Waals surface area (Å²) < 4.78 is 41.0. The fourth-order valence-electron chi connectivity index (χ4n) is 3.57. The van der Waals surface area contributed by atoms with Crippen LogP contribution in [0.1, 0.15) is 27.0 Å². The van der Waals surface area contributed by atoms with E-state index in [0.717, 1.165) is 45.8 Å². The quantitative estimate of drug-likeness (QED) is 0.484. The van der Waals surface area contributed by atoms with E-state index >= 15 is 0 Å². The maximum Gasteiger partial charge on any atom is 0.263 e. The minimum absolute atomic E-state index is 0.0613. The fraction of sp³-hybridized carbons (Fsp3) is 0.125. The van der Waals surface area contributed by atoms with E-state index in [4.69, 9.17) is 0 Å². The van der Waals surface area contributed by atoms with Gasteiger partial charge in [-0.3, -0.25) is 14.4 Å². The molecule has 0 radical (unpaired) electrons. The molecule has 2 heterocycles. The number of carbonyl (C=O) groups is 2. The van der Waals surface area contributed by atoms with Gasteiger partial charge in [0, 0.05) is 18.4 Å². The average molecular weight is 469 g/mol. The molecule has 0 bridgehead atoms. The Balaban J connectivity index is 1.45. The molecule has 3 N–H and O–H groups in total. The van der Waals surface area contributed by atoms with Crippen LogP contribution in [0.25, 0.3) is 6.08 Å². The van der Waals surface area contributed by atoms with Gasteiger partial charge in [0.1, 0.15) is 11.3 Å². The number of pyridine rings is 1. The highest BCUT2D eigenvalue weighted by molar-refractivity contribution is 5.99. The molecule has 0 saturated heterocycles.